The number of sulfonamides is 1. The molecule has 8 heteroatoms. The molecule has 0 bridgehead atoms. The molecule has 2 aliphatic heterocycles. The van der Waals surface area contributed by atoms with E-state index in [-0.39, 0.29) is 11.7 Å². The van der Waals surface area contributed by atoms with Crippen molar-refractivity contribution in [3.8, 4) is 5.75 Å². The number of piperidine rings is 2. The van der Waals surface area contributed by atoms with Gasteiger partial charge in [-0.15, -0.1) is 0 Å². The number of likely N-dealkylation sites (tertiary alicyclic amines) is 1. The van der Waals surface area contributed by atoms with E-state index in [0.29, 0.717) is 49.6 Å². The van der Waals surface area contributed by atoms with Crippen LogP contribution >= 0.6 is 0 Å². The molecule has 1 saturated carbocycles. The summed E-state index contributed by atoms with van der Waals surface area (Å²) in [7, 11) is -3.22. The van der Waals surface area contributed by atoms with Gasteiger partial charge in [-0.3, -0.25) is 4.90 Å². The molecule has 0 radical (unpaired) electrons. The van der Waals surface area contributed by atoms with Gasteiger partial charge in [-0.05, 0) is 88.1 Å². The summed E-state index contributed by atoms with van der Waals surface area (Å²) in [4.78, 5) is 2.54. The molecule has 4 rings (SSSR count). The summed E-state index contributed by atoms with van der Waals surface area (Å²) in [5.41, 5.74) is 0.966. The van der Waals surface area contributed by atoms with E-state index >= 15 is 0 Å². The second-order valence-corrected chi connectivity index (χ2v) is 11.5. The maximum Gasteiger partial charge on any atom is 0.211 e. The van der Waals surface area contributed by atoms with Gasteiger partial charge in [0.25, 0.3) is 0 Å². The first-order valence-corrected chi connectivity index (χ1v) is 12.8. The zero-order valence-corrected chi connectivity index (χ0v) is 18.7. The molecule has 1 aromatic rings. The molecule has 0 amide bonds. The molecule has 3 aliphatic rings. The van der Waals surface area contributed by atoms with Gasteiger partial charge in [0.15, 0.2) is 17.4 Å². The summed E-state index contributed by atoms with van der Waals surface area (Å²) in [6.07, 6.45) is 6.84. The molecule has 3 fully saturated rings. The fraction of sp³-hybridized carbons (Fsp3) is 0.727. The molecule has 2 saturated heterocycles. The highest BCUT2D eigenvalue weighted by atomic mass is 32.2. The van der Waals surface area contributed by atoms with Crippen molar-refractivity contribution in [3.05, 3.63) is 29.3 Å². The van der Waals surface area contributed by atoms with Crippen LogP contribution in [-0.4, -0.2) is 62.2 Å². The molecule has 1 aromatic carbocycles. The Morgan fingerprint density at radius 2 is 1.60 bits per heavy atom. The van der Waals surface area contributed by atoms with Gasteiger partial charge in [-0.1, -0.05) is 0 Å². The Labute approximate surface area is 178 Å². The number of hydrogen-bond donors (Lipinski definition) is 0. The summed E-state index contributed by atoms with van der Waals surface area (Å²) in [5, 5.41) is 0. The van der Waals surface area contributed by atoms with Crippen molar-refractivity contribution >= 4 is 10.0 Å². The standard InChI is InChI=1S/C22H32F2N2O3S/c1-22(7-8-22)25-9-3-16(4-10-25)15-29-21-19(23)13-18(14-20(21)24)17-5-11-26(12-6-17)30(2,27)28/h13-14,16-17H,3-12,15H2,1-2H3. The summed E-state index contributed by atoms with van der Waals surface area (Å²) in [5.74, 6) is -1.35. The topological polar surface area (TPSA) is 49.9 Å². The Hall–Kier alpha value is -1.25. The van der Waals surface area contributed by atoms with Gasteiger partial charge in [0, 0.05) is 18.6 Å². The minimum absolute atomic E-state index is 0.0471. The van der Waals surface area contributed by atoms with E-state index < -0.39 is 21.7 Å². The third-order valence-corrected chi connectivity index (χ3v) is 8.53. The molecule has 1 aliphatic carbocycles. The van der Waals surface area contributed by atoms with Crippen molar-refractivity contribution in [3.63, 3.8) is 0 Å². The fourth-order valence-corrected chi connectivity index (χ4v) is 5.69. The smallest absolute Gasteiger partial charge is 0.211 e. The van der Waals surface area contributed by atoms with Crippen LogP contribution in [-0.2, 0) is 10.0 Å². The molecule has 168 valence electrons. The Morgan fingerprint density at radius 1 is 1.03 bits per heavy atom. The van der Waals surface area contributed by atoms with Crippen molar-refractivity contribution in [2.24, 2.45) is 5.92 Å². The van der Waals surface area contributed by atoms with E-state index in [1.165, 1.54) is 35.5 Å². The number of ether oxygens (including phenoxy) is 1. The second kappa shape index (κ2) is 8.36. The largest absolute Gasteiger partial charge is 0.487 e. The van der Waals surface area contributed by atoms with Crippen LogP contribution in [0, 0.1) is 17.6 Å². The van der Waals surface area contributed by atoms with Crippen LogP contribution in [0.3, 0.4) is 0 Å². The van der Waals surface area contributed by atoms with E-state index in [1.54, 1.807) is 0 Å². The maximum absolute atomic E-state index is 14.6. The van der Waals surface area contributed by atoms with E-state index in [9.17, 15) is 17.2 Å². The molecule has 30 heavy (non-hydrogen) atoms. The predicted octanol–water partition coefficient (Wildman–Crippen LogP) is 3.75. The lowest BCUT2D eigenvalue weighted by Gasteiger charge is -2.36. The highest BCUT2D eigenvalue weighted by Crippen LogP contribution is 2.43. The van der Waals surface area contributed by atoms with Crippen LogP contribution < -0.4 is 4.74 Å². The lowest BCUT2D eigenvalue weighted by Crippen LogP contribution is -2.42. The van der Waals surface area contributed by atoms with Crippen molar-refractivity contribution in [1.29, 1.82) is 0 Å². The summed E-state index contributed by atoms with van der Waals surface area (Å²) in [6, 6.07) is 2.71. The van der Waals surface area contributed by atoms with Crippen molar-refractivity contribution in [1.82, 2.24) is 9.21 Å². The second-order valence-electron chi connectivity index (χ2n) is 9.49. The number of rotatable bonds is 6. The number of hydrogen-bond acceptors (Lipinski definition) is 4. The monoisotopic (exact) mass is 442 g/mol. The molecular formula is C22H32F2N2O3S. The van der Waals surface area contributed by atoms with E-state index in [0.717, 1.165) is 25.9 Å². The Balaban J connectivity index is 1.32. The van der Waals surface area contributed by atoms with Crippen molar-refractivity contribution < 1.29 is 21.9 Å². The molecular weight excluding hydrogens is 410 g/mol. The van der Waals surface area contributed by atoms with Crippen LogP contribution in [0.25, 0.3) is 0 Å². The van der Waals surface area contributed by atoms with Gasteiger partial charge in [0.2, 0.25) is 10.0 Å². The van der Waals surface area contributed by atoms with E-state index in [2.05, 4.69) is 11.8 Å². The molecule has 0 atom stereocenters. The number of halogens is 2. The molecule has 0 unspecified atom stereocenters. The highest BCUT2D eigenvalue weighted by molar-refractivity contribution is 7.88. The van der Waals surface area contributed by atoms with Gasteiger partial charge in [-0.25, -0.2) is 21.5 Å². The Morgan fingerprint density at radius 3 is 2.10 bits per heavy atom. The molecule has 0 N–H and O–H groups in total. The first-order valence-electron chi connectivity index (χ1n) is 11.0. The van der Waals surface area contributed by atoms with Crippen LogP contribution in [0.1, 0.15) is 56.9 Å². The van der Waals surface area contributed by atoms with Crippen LogP contribution in [0.4, 0.5) is 8.78 Å². The summed E-state index contributed by atoms with van der Waals surface area (Å²) >= 11 is 0. The van der Waals surface area contributed by atoms with E-state index in [1.807, 2.05) is 0 Å². The minimum atomic E-state index is -3.22. The molecule has 0 aromatic heterocycles. The first-order chi connectivity index (χ1) is 14.2. The third kappa shape index (κ3) is 4.81. The zero-order valence-electron chi connectivity index (χ0n) is 17.9. The van der Waals surface area contributed by atoms with Gasteiger partial charge in [-0.2, -0.15) is 0 Å². The lowest BCUT2D eigenvalue weighted by atomic mass is 9.90. The molecule has 0 spiro atoms. The summed E-state index contributed by atoms with van der Waals surface area (Å²) < 4.78 is 59.6. The first kappa shape index (κ1) is 22.0. The molecule has 5 nitrogen and oxygen atoms in total. The Bertz CT molecular complexity index is 849. The third-order valence-electron chi connectivity index (χ3n) is 7.23. The normalized spacial score (nSPS) is 24.1. The average Bonchev–Trinajstić information content (AvgIpc) is 3.46. The van der Waals surface area contributed by atoms with Gasteiger partial charge in [0.05, 0.1) is 12.9 Å². The highest BCUT2D eigenvalue weighted by Gasteiger charge is 2.44. The number of nitrogens with zero attached hydrogens (tertiary/aromatic N) is 2. The maximum atomic E-state index is 14.6. The zero-order chi connectivity index (χ0) is 21.5. The van der Waals surface area contributed by atoms with Crippen LogP contribution in [0.2, 0.25) is 0 Å². The summed E-state index contributed by atoms with van der Waals surface area (Å²) in [6.45, 7) is 5.46. The molecule has 2 heterocycles. The minimum Gasteiger partial charge on any atom is -0.487 e. The lowest BCUT2D eigenvalue weighted by molar-refractivity contribution is 0.100. The number of benzene rings is 1. The Kier molecular flexibility index (Phi) is 6.12. The SMILES string of the molecule is CC1(N2CCC(COc3c(F)cc(C4CCN(S(C)(=O)=O)CC4)cc3F)CC2)CC1. The van der Waals surface area contributed by atoms with Gasteiger partial charge < -0.3 is 4.74 Å². The van der Waals surface area contributed by atoms with Crippen LogP contribution in [0.5, 0.6) is 5.75 Å². The van der Waals surface area contributed by atoms with Crippen LogP contribution in [0.15, 0.2) is 12.1 Å². The predicted molar refractivity (Wildman–Crippen MR) is 112 cm³/mol. The van der Waals surface area contributed by atoms with Crippen molar-refractivity contribution in [2.75, 3.05) is 39.0 Å². The van der Waals surface area contributed by atoms with Crippen molar-refractivity contribution in [2.45, 2.75) is 56.9 Å². The quantitative estimate of drug-likeness (QED) is 0.673. The van der Waals surface area contributed by atoms with E-state index in [4.69, 9.17) is 4.74 Å². The average molecular weight is 443 g/mol. The fourth-order valence-electron chi connectivity index (χ4n) is 4.81. The van der Waals surface area contributed by atoms with Gasteiger partial charge in [0.1, 0.15) is 0 Å². The van der Waals surface area contributed by atoms with Gasteiger partial charge >= 0.3 is 0 Å².